The zero-order valence-electron chi connectivity index (χ0n) is 17.7. The molecular formula is C23H31N3O3. The van der Waals surface area contributed by atoms with Gasteiger partial charge in [0.1, 0.15) is 18.1 Å². The van der Waals surface area contributed by atoms with E-state index in [1.165, 1.54) is 0 Å². The molecule has 0 saturated carbocycles. The Morgan fingerprint density at radius 1 is 1.24 bits per heavy atom. The van der Waals surface area contributed by atoms with E-state index >= 15 is 0 Å². The Balaban J connectivity index is 1.43. The zero-order valence-corrected chi connectivity index (χ0v) is 17.7. The second-order valence-corrected chi connectivity index (χ2v) is 8.55. The number of fused-ring (bicyclic) bond motifs is 1. The summed E-state index contributed by atoms with van der Waals surface area (Å²) in [5.74, 6) is 3.03. The van der Waals surface area contributed by atoms with Crippen molar-refractivity contribution >= 4 is 17.8 Å². The molecule has 0 bridgehead atoms. The highest BCUT2D eigenvalue weighted by Gasteiger charge is 2.34. The summed E-state index contributed by atoms with van der Waals surface area (Å²) in [6, 6.07) is 6.29. The van der Waals surface area contributed by atoms with E-state index in [-0.39, 0.29) is 5.91 Å². The second kappa shape index (κ2) is 8.57. The third-order valence-corrected chi connectivity index (χ3v) is 5.66. The fraction of sp³-hybridized carbons (Fsp3) is 0.565. The van der Waals surface area contributed by atoms with Gasteiger partial charge in [-0.25, -0.2) is 4.99 Å². The lowest BCUT2D eigenvalue weighted by Crippen LogP contribution is -2.31. The Bertz CT molecular complexity index is 831. The normalized spacial score (nSPS) is 25.1. The predicted molar refractivity (Wildman–Crippen MR) is 114 cm³/mol. The fourth-order valence-electron chi connectivity index (χ4n) is 4.06. The van der Waals surface area contributed by atoms with Gasteiger partial charge in [-0.1, -0.05) is 26.3 Å². The van der Waals surface area contributed by atoms with Crippen molar-refractivity contribution < 1.29 is 14.3 Å². The van der Waals surface area contributed by atoms with Crippen molar-refractivity contribution in [1.82, 2.24) is 9.80 Å². The van der Waals surface area contributed by atoms with Crippen LogP contribution in [0.2, 0.25) is 0 Å². The molecule has 2 unspecified atom stereocenters. The maximum atomic E-state index is 12.7. The average Bonchev–Trinajstić information content (AvgIpc) is 3.42. The highest BCUT2D eigenvalue weighted by atomic mass is 16.5. The van der Waals surface area contributed by atoms with E-state index in [1.807, 2.05) is 29.2 Å². The quantitative estimate of drug-likeness (QED) is 0.521. The molecule has 1 aromatic rings. The maximum absolute atomic E-state index is 12.7. The molecule has 0 spiro atoms. The lowest BCUT2D eigenvalue weighted by Gasteiger charge is -2.14. The monoisotopic (exact) mass is 397 g/mol. The molecule has 0 aliphatic carbocycles. The van der Waals surface area contributed by atoms with E-state index in [4.69, 9.17) is 9.47 Å². The van der Waals surface area contributed by atoms with Crippen molar-refractivity contribution in [3.63, 3.8) is 0 Å². The third kappa shape index (κ3) is 4.64. The largest absolute Gasteiger partial charge is 0.493 e. The van der Waals surface area contributed by atoms with Crippen LogP contribution in [0.25, 0.3) is 6.08 Å². The molecule has 3 aliphatic heterocycles. The zero-order chi connectivity index (χ0) is 20.4. The molecule has 156 valence electrons. The number of nitrogens with zero attached hydrogens (tertiary/aromatic N) is 3. The summed E-state index contributed by atoms with van der Waals surface area (Å²) in [5.41, 5.74) is 1.41. The molecular weight excluding hydrogens is 366 g/mol. The molecule has 1 amide bonds. The first-order chi connectivity index (χ1) is 14.0. The summed E-state index contributed by atoms with van der Waals surface area (Å²) in [6.07, 6.45) is 6.05. The summed E-state index contributed by atoms with van der Waals surface area (Å²) in [5, 5.41) is 0. The van der Waals surface area contributed by atoms with Gasteiger partial charge in [-0.15, -0.1) is 0 Å². The molecule has 29 heavy (non-hydrogen) atoms. The highest BCUT2D eigenvalue weighted by Crippen LogP contribution is 2.31. The standard InChI is InChI=1S/C23H31N3O3/c1-16(2)13-25-14-18(25)15-29-20-9-8-17(12-21(20)28-3)11-19-23(27)26-10-6-4-5-7-22(26)24-19/h8-9,11-12,16,18H,4-7,10,13-15H2,1-3H3/b19-11+. The van der Waals surface area contributed by atoms with Gasteiger partial charge in [0.15, 0.2) is 11.5 Å². The maximum Gasteiger partial charge on any atom is 0.277 e. The van der Waals surface area contributed by atoms with Crippen LogP contribution in [-0.4, -0.2) is 60.9 Å². The van der Waals surface area contributed by atoms with Crippen LogP contribution in [-0.2, 0) is 4.79 Å². The third-order valence-electron chi connectivity index (χ3n) is 5.66. The first-order valence-electron chi connectivity index (χ1n) is 10.7. The molecule has 6 nitrogen and oxygen atoms in total. The first kappa shape index (κ1) is 20.0. The van der Waals surface area contributed by atoms with Crippen molar-refractivity contribution in [2.75, 3.05) is 33.4 Å². The number of carbonyl (C=O) groups is 1. The van der Waals surface area contributed by atoms with Crippen LogP contribution in [0.4, 0.5) is 0 Å². The molecule has 3 heterocycles. The molecule has 0 N–H and O–H groups in total. The number of hydrogen-bond acceptors (Lipinski definition) is 5. The van der Waals surface area contributed by atoms with E-state index in [0.29, 0.717) is 30.0 Å². The number of carbonyl (C=O) groups excluding carboxylic acids is 1. The Kier molecular flexibility index (Phi) is 5.90. The van der Waals surface area contributed by atoms with Crippen LogP contribution in [0.5, 0.6) is 11.5 Å². The Morgan fingerprint density at radius 3 is 2.90 bits per heavy atom. The summed E-state index contributed by atoms with van der Waals surface area (Å²) in [7, 11) is 1.64. The fourth-order valence-corrected chi connectivity index (χ4v) is 4.06. The second-order valence-electron chi connectivity index (χ2n) is 8.55. The van der Waals surface area contributed by atoms with Gasteiger partial charge in [0, 0.05) is 26.1 Å². The predicted octanol–water partition coefficient (Wildman–Crippen LogP) is 3.57. The van der Waals surface area contributed by atoms with Crippen molar-refractivity contribution in [3.8, 4) is 11.5 Å². The van der Waals surface area contributed by atoms with Crippen LogP contribution in [0.3, 0.4) is 0 Å². The minimum absolute atomic E-state index is 0.0140. The molecule has 2 fully saturated rings. The highest BCUT2D eigenvalue weighted by molar-refractivity contribution is 6.14. The smallest absolute Gasteiger partial charge is 0.277 e. The van der Waals surface area contributed by atoms with E-state index in [9.17, 15) is 4.79 Å². The van der Waals surface area contributed by atoms with Crippen LogP contribution < -0.4 is 9.47 Å². The molecule has 0 aromatic heterocycles. The minimum atomic E-state index is 0.0140. The Hall–Kier alpha value is -2.34. The Morgan fingerprint density at radius 2 is 2.10 bits per heavy atom. The van der Waals surface area contributed by atoms with Crippen LogP contribution >= 0.6 is 0 Å². The van der Waals surface area contributed by atoms with Gasteiger partial charge >= 0.3 is 0 Å². The van der Waals surface area contributed by atoms with E-state index in [0.717, 1.165) is 62.5 Å². The van der Waals surface area contributed by atoms with Crippen molar-refractivity contribution in [2.24, 2.45) is 10.9 Å². The van der Waals surface area contributed by atoms with Crippen molar-refractivity contribution in [3.05, 3.63) is 29.5 Å². The van der Waals surface area contributed by atoms with Gasteiger partial charge in [0.25, 0.3) is 5.91 Å². The number of amidine groups is 1. The SMILES string of the molecule is COc1cc(/C=C2/N=C3CCCCCN3C2=O)ccc1OCC1CN1CC(C)C. The molecule has 6 heteroatoms. The van der Waals surface area contributed by atoms with Crippen LogP contribution in [0.1, 0.15) is 45.1 Å². The van der Waals surface area contributed by atoms with Gasteiger partial charge in [0.05, 0.1) is 13.2 Å². The molecule has 1 aromatic carbocycles. The van der Waals surface area contributed by atoms with Gasteiger partial charge in [-0.2, -0.15) is 0 Å². The lowest BCUT2D eigenvalue weighted by atomic mass is 10.1. The number of benzene rings is 1. The van der Waals surface area contributed by atoms with Gasteiger partial charge < -0.3 is 9.47 Å². The lowest BCUT2D eigenvalue weighted by molar-refractivity contribution is -0.122. The average molecular weight is 398 g/mol. The van der Waals surface area contributed by atoms with Gasteiger partial charge in [-0.05, 0) is 42.5 Å². The van der Waals surface area contributed by atoms with E-state index in [1.54, 1.807) is 7.11 Å². The summed E-state index contributed by atoms with van der Waals surface area (Å²) >= 11 is 0. The number of ether oxygens (including phenoxy) is 2. The van der Waals surface area contributed by atoms with Crippen LogP contribution in [0.15, 0.2) is 28.9 Å². The number of hydrogen-bond donors (Lipinski definition) is 0. The number of amides is 1. The van der Waals surface area contributed by atoms with Gasteiger partial charge in [-0.3, -0.25) is 14.6 Å². The van der Waals surface area contributed by atoms with E-state index < -0.39 is 0 Å². The number of methoxy groups -OCH3 is 1. The summed E-state index contributed by atoms with van der Waals surface area (Å²) in [4.78, 5) is 21.6. The van der Waals surface area contributed by atoms with Crippen molar-refractivity contribution in [1.29, 1.82) is 0 Å². The topological polar surface area (TPSA) is 54.1 Å². The molecule has 4 rings (SSSR count). The summed E-state index contributed by atoms with van der Waals surface area (Å²) in [6.45, 7) is 8.14. The molecule has 2 atom stereocenters. The van der Waals surface area contributed by atoms with Crippen LogP contribution in [0, 0.1) is 5.92 Å². The number of rotatable bonds is 7. The summed E-state index contributed by atoms with van der Waals surface area (Å²) < 4.78 is 11.5. The minimum Gasteiger partial charge on any atom is -0.493 e. The first-order valence-corrected chi connectivity index (χ1v) is 10.7. The van der Waals surface area contributed by atoms with Gasteiger partial charge in [0.2, 0.25) is 0 Å². The molecule has 2 saturated heterocycles. The van der Waals surface area contributed by atoms with E-state index in [2.05, 4.69) is 23.7 Å². The molecule has 0 radical (unpaired) electrons. The Labute approximate surface area is 173 Å². The van der Waals surface area contributed by atoms with Crippen molar-refractivity contribution in [2.45, 2.75) is 45.6 Å². The number of aliphatic imine (C=N–C) groups is 1. The molecule has 3 aliphatic rings.